The smallest absolute Gasteiger partial charge is 0.148 e. The second kappa shape index (κ2) is 4.35. The summed E-state index contributed by atoms with van der Waals surface area (Å²) in [6.07, 6.45) is -0.228. The summed E-state index contributed by atoms with van der Waals surface area (Å²) in [7, 11) is 0. The third-order valence-electron chi connectivity index (χ3n) is 2.96. The molecule has 1 unspecified atom stereocenters. The first-order valence-electron chi connectivity index (χ1n) is 5.69. The van der Waals surface area contributed by atoms with Crippen LogP contribution < -0.4 is 11.1 Å². The third kappa shape index (κ3) is 1.83. The molecule has 3 nitrogen and oxygen atoms in total. The van der Waals surface area contributed by atoms with Gasteiger partial charge in [0.25, 0.3) is 0 Å². The average Bonchev–Trinajstić information content (AvgIpc) is 2.39. The minimum atomic E-state index is -0.228. The van der Waals surface area contributed by atoms with Crippen LogP contribution in [0.25, 0.3) is 0 Å². The van der Waals surface area contributed by atoms with Gasteiger partial charge in [0.2, 0.25) is 0 Å². The maximum atomic E-state index is 6.18. The van der Waals surface area contributed by atoms with Crippen molar-refractivity contribution in [3.63, 3.8) is 0 Å². The van der Waals surface area contributed by atoms with E-state index in [0.717, 1.165) is 16.8 Å². The minimum absolute atomic E-state index is 0.228. The second-order valence-electron chi connectivity index (χ2n) is 4.13. The van der Waals surface area contributed by atoms with Crippen molar-refractivity contribution in [2.45, 2.75) is 6.17 Å². The second-order valence-corrected chi connectivity index (χ2v) is 4.54. The number of rotatable bonds is 1. The Hall–Kier alpha value is -2.00. The van der Waals surface area contributed by atoms with Crippen molar-refractivity contribution in [3.8, 4) is 0 Å². The Morgan fingerprint density at radius 2 is 1.78 bits per heavy atom. The number of hydrogen-bond donors (Lipinski definition) is 2. The van der Waals surface area contributed by atoms with Gasteiger partial charge in [-0.2, -0.15) is 0 Å². The highest BCUT2D eigenvalue weighted by Crippen LogP contribution is 2.31. The fraction of sp³-hybridized carbons (Fsp3) is 0.0714. The van der Waals surface area contributed by atoms with Crippen LogP contribution in [0.2, 0.25) is 5.02 Å². The lowest BCUT2D eigenvalue weighted by molar-refractivity contribution is 0.825. The van der Waals surface area contributed by atoms with Gasteiger partial charge in [-0.3, -0.25) is 0 Å². The molecule has 0 fully saturated rings. The van der Waals surface area contributed by atoms with Gasteiger partial charge in [0.1, 0.15) is 12.0 Å². The maximum Gasteiger partial charge on any atom is 0.148 e. The van der Waals surface area contributed by atoms with Crippen molar-refractivity contribution >= 4 is 23.1 Å². The van der Waals surface area contributed by atoms with Crippen LogP contribution in [0.4, 0.5) is 5.69 Å². The molecule has 3 rings (SSSR count). The summed E-state index contributed by atoms with van der Waals surface area (Å²) in [5.74, 6) is 0.536. The van der Waals surface area contributed by atoms with Crippen LogP contribution in [-0.2, 0) is 0 Å². The highest BCUT2D eigenvalue weighted by Gasteiger charge is 2.20. The first-order chi connectivity index (χ1) is 8.75. The van der Waals surface area contributed by atoms with E-state index in [1.807, 2.05) is 48.5 Å². The molecule has 0 spiro atoms. The van der Waals surface area contributed by atoms with Gasteiger partial charge in [0.15, 0.2) is 0 Å². The zero-order valence-electron chi connectivity index (χ0n) is 9.60. The van der Waals surface area contributed by atoms with Crippen LogP contribution in [0.1, 0.15) is 17.3 Å². The quantitative estimate of drug-likeness (QED) is 0.824. The lowest BCUT2D eigenvalue weighted by Gasteiger charge is -2.24. The number of fused-ring (bicyclic) bond motifs is 1. The van der Waals surface area contributed by atoms with Crippen molar-refractivity contribution in [2.24, 2.45) is 10.7 Å². The van der Waals surface area contributed by atoms with Crippen LogP contribution in [0.15, 0.2) is 53.5 Å². The molecule has 0 saturated carbocycles. The number of benzene rings is 2. The summed E-state index contributed by atoms with van der Waals surface area (Å²) in [6.45, 7) is 0. The van der Waals surface area contributed by atoms with Crippen molar-refractivity contribution in [3.05, 3.63) is 64.7 Å². The standard InChI is InChI=1S/C14H12ClN3/c15-11-7-3-1-5-9(11)14-17-12-8-4-2-6-10(12)13(16)18-14/h1-8,14,17H,(H2,16,18). The predicted molar refractivity (Wildman–Crippen MR) is 75.0 cm³/mol. The molecule has 90 valence electrons. The van der Waals surface area contributed by atoms with Gasteiger partial charge in [-0.25, -0.2) is 4.99 Å². The first kappa shape index (κ1) is 11.1. The number of halogens is 1. The fourth-order valence-electron chi connectivity index (χ4n) is 2.06. The largest absolute Gasteiger partial charge is 0.383 e. The highest BCUT2D eigenvalue weighted by atomic mass is 35.5. The Morgan fingerprint density at radius 3 is 2.61 bits per heavy atom. The van der Waals surface area contributed by atoms with Gasteiger partial charge >= 0.3 is 0 Å². The Balaban J connectivity index is 2.05. The van der Waals surface area contributed by atoms with Crippen LogP contribution in [0.3, 0.4) is 0 Å². The molecule has 1 aliphatic rings. The van der Waals surface area contributed by atoms with E-state index in [2.05, 4.69) is 10.3 Å². The minimum Gasteiger partial charge on any atom is -0.383 e. The molecule has 0 amide bonds. The van der Waals surface area contributed by atoms with Crippen molar-refractivity contribution < 1.29 is 0 Å². The van der Waals surface area contributed by atoms with Crippen LogP contribution in [0, 0.1) is 0 Å². The third-order valence-corrected chi connectivity index (χ3v) is 3.31. The Labute approximate surface area is 110 Å². The van der Waals surface area contributed by atoms with E-state index in [-0.39, 0.29) is 6.17 Å². The van der Waals surface area contributed by atoms with Crippen LogP contribution >= 0.6 is 11.6 Å². The molecule has 2 aromatic rings. The average molecular weight is 258 g/mol. The van der Waals surface area contributed by atoms with E-state index in [9.17, 15) is 0 Å². The molecule has 1 heterocycles. The molecule has 0 radical (unpaired) electrons. The zero-order valence-corrected chi connectivity index (χ0v) is 10.4. The molecule has 0 saturated heterocycles. The number of para-hydroxylation sites is 1. The molecule has 4 heteroatoms. The van der Waals surface area contributed by atoms with Crippen LogP contribution in [0.5, 0.6) is 0 Å². The topological polar surface area (TPSA) is 50.4 Å². The van der Waals surface area contributed by atoms with Gasteiger partial charge in [0.05, 0.1) is 0 Å². The highest BCUT2D eigenvalue weighted by molar-refractivity contribution is 6.31. The maximum absolute atomic E-state index is 6.18. The van der Waals surface area contributed by atoms with E-state index >= 15 is 0 Å². The monoisotopic (exact) mass is 257 g/mol. The molecule has 1 aliphatic heterocycles. The molecule has 0 aromatic heterocycles. The van der Waals surface area contributed by atoms with Crippen LogP contribution in [-0.4, -0.2) is 5.84 Å². The zero-order chi connectivity index (χ0) is 12.5. The van der Waals surface area contributed by atoms with Gasteiger partial charge < -0.3 is 11.1 Å². The number of nitrogens with zero attached hydrogens (tertiary/aromatic N) is 1. The summed E-state index contributed by atoms with van der Waals surface area (Å²) >= 11 is 6.18. The molecular formula is C14H12ClN3. The van der Waals surface area contributed by atoms with Gasteiger partial charge in [-0.1, -0.05) is 41.9 Å². The Bertz CT molecular complexity index is 622. The van der Waals surface area contributed by atoms with Gasteiger partial charge in [-0.15, -0.1) is 0 Å². The normalized spacial score (nSPS) is 17.6. The van der Waals surface area contributed by atoms with E-state index in [0.29, 0.717) is 10.9 Å². The summed E-state index contributed by atoms with van der Waals surface area (Å²) in [4.78, 5) is 4.45. The number of anilines is 1. The summed E-state index contributed by atoms with van der Waals surface area (Å²) in [5, 5.41) is 4.02. The van der Waals surface area contributed by atoms with E-state index in [4.69, 9.17) is 17.3 Å². The molecule has 18 heavy (non-hydrogen) atoms. The first-order valence-corrected chi connectivity index (χ1v) is 6.07. The van der Waals surface area contributed by atoms with E-state index in [1.54, 1.807) is 0 Å². The van der Waals surface area contributed by atoms with E-state index < -0.39 is 0 Å². The van der Waals surface area contributed by atoms with Crippen molar-refractivity contribution in [1.82, 2.24) is 0 Å². The van der Waals surface area contributed by atoms with Gasteiger partial charge in [-0.05, 0) is 18.2 Å². The SMILES string of the molecule is NC1=NC(c2ccccc2Cl)Nc2ccccc21. The Morgan fingerprint density at radius 1 is 1.06 bits per heavy atom. The summed E-state index contributed by atoms with van der Waals surface area (Å²) < 4.78 is 0. The number of hydrogen-bond acceptors (Lipinski definition) is 3. The summed E-state index contributed by atoms with van der Waals surface area (Å²) in [5.41, 5.74) is 8.83. The summed E-state index contributed by atoms with van der Waals surface area (Å²) in [6, 6.07) is 15.5. The van der Waals surface area contributed by atoms with Gasteiger partial charge in [0, 0.05) is 21.8 Å². The molecule has 0 bridgehead atoms. The fourth-order valence-corrected chi connectivity index (χ4v) is 2.30. The molecule has 2 aromatic carbocycles. The number of amidine groups is 1. The lowest BCUT2D eigenvalue weighted by atomic mass is 10.1. The molecular weight excluding hydrogens is 246 g/mol. The van der Waals surface area contributed by atoms with Crippen molar-refractivity contribution in [2.75, 3.05) is 5.32 Å². The predicted octanol–water partition coefficient (Wildman–Crippen LogP) is 3.17. The Kier molecular flexibility index (Phi) is 2.68. The number of aliphatic imine (C=N–C) groups is 1. The van der Waals surface area contributed by atoms with E-state index in [1.165, 1.54) is 0 Å². The molecule has 0 aliphatic carbocycles. The van der Waals surface area contributed by atoms with Crippen molar-refractivity contribution in [1.29, 1.82) is 0 Å². The molecule has 1 atom stereocenters. The number of nitrogens with one attached hydrogen (secondary N) is 1. The molecule has 3 N–H and O–H groups in total. The number of nitrogens with two attached hydrogens (primary N) is 1. The lowest BCUT2D eigenvalue weighted by Crippen LogP contribution is -2.25.